The van der Waals surface area contributed by atoms with Crippen molar-refractivity contribution in [3.63, 3.8) is 0 Å². The second-order valence-electron chi connectivity index (χ2n) is 4.62. The molecule has 2 nitrogen and oxygen atoms in total. The van der Waals surface area contributed by atoms with E-state index >= 15 is 0 Å². The Labute approximate surface area is 127 Å². The predicted molar refractivity (Wildman–Crippen MR) is 85.3 cm³/mol. The number of hydrogen-bond acceptors (Lipinski definition) is 2. The molecule has 1 atom stereocenters. The quantitative estimate of drug-likeness (QED) is 0.767. The fourth-order valence-electron chi connectivity index (χ4n) is 2.16. The summed E-state index contributed by atoms with van der Waals surface area (Å²) in [4.78, 5) is 2.41. The van der Waals surface area contributed by atoms with Crippen LogP contribution < -0.4 is 5.32 Å². The third-order valence-electron chi connectivity index (χ3n) is 3.47. The van der Waals surface area contributed by atoms with E-state index in [9.17, 15) is 0 Å². The Morgan fingerprint density at radius 1 is 1.11 bits per heavy atom. The van der Waals surface area contributed by atoms with E-state index in [4.69, 9.17) is 23.2 Å². The van der Waals surface area contributed by atoms with Gasteiger partial charge in [-0.05, 0) is 37.2 Å². The van der Waals surface area contributed by atoms with Crippen LogP contribution in [0.2, 0.25) is 10.0 Å². The highest BCUT2D eigenvalue weighted by Crippen LogP contribution is 2.26. The summed E-state index contributed by atoms with van der Waals surface area (Å²) in [7, 11) is 0. The van der Waals surface area contributed by atoms with Crippen molar-refractivity contribution in [2.45, 2.75) is 33.2 Å². The van der Waals surface area contributed by atoms with E-state index in [0.717, 1.165) is 32.6 Å². The zero-order valence-corrected chi connectivity index (χ0v) is 13.6. The van der Waals surface area contributed by atoms with Crippen LogP contribution in [0, 0.1) is 0 Å². The van der Waals surface area contributed by atoms with Crippen molar-refractivity contribution in [1.82, 2.24) is 10.2 Å². The Bertz CT molecular complexity index is 378. The molecule has 0 aromatic heterocycles. The topological polar surface area (TPSA) is 15.3 Å². The van der Waals surface area contributed by atoms with Crippen LogP contribution in [0.25, 0.3) is 0 Å². The molecule has 0 bridgehead atoms. The molecule has 0 saturated heterocycles. The molecular formula is C15H24Cl2N2. The van der Waals surface area contributed by atoms with Crippen molar-refractivity contribution in [2.75, 3.05) is 26.2 Å². The van der Waals surface area contributed by atoms with Gasteiger partial charge in [-0.25, -0.2) is 0 Å². The van der Waals surface area contributed by atoms with Crippen LogP contribution in [0.1, 0.15) is 38.8 Å². The van der Waals surface area contributed by atoms with Crippen molar-refractivity contribution in [2.24, 2.45) is 0 Å². The minimum Gasteiger partial charge on any atom is -0.309 e. The number of nitrogens with one attached hydrogen (secondary N) is 1. The molecule has 0 amide bonds. The highest BCUT2D eigenvalue weighted by molar-refractivity contribution is 6.42. The van der Waals surface area contributed by atoms with E-state index in [1.807, 2.05) is 18.2 Å². The normalized spacial score (nSPS) is 12.9. The lowest BCUT2D eigenvalue weighted by molar-refractivity contribution is 0.295. The van der Waals surface area contributed by atoms with Gasteiger partial charge in [-0.2, -0.15) is 0 Å². The Hall–Kier alpha value is -0.280. The summed E-state index contributed by atoms with van der Waals surface area (Å²) >= 11 is 12.0. The molecule has 4 heteroatoms. The van der Waals surface area contributed by atoms with Gasteiger partial charge in [-0.3, -0.25) is 0 Å². The molecule has 19 heavy (non-hydrogen) atoms. The highest BCUT2D eigenvalue weighted by Gasteiger charge is 2.10. The van der Waals surface area contributed by atoms with E-state index < -0.39 is 0 Å². The molecule has 0 radical (unpaired) electrons. The molecule has 0 spiro atoms. The standard InChI is InChI=1S/C15H24Cl2N2/c1-4-15(18-9-10-19(5-2)6-3)12-7-8-13(16)14(17)11-12/h7-8,11,15,18H,4-6,9-10H2,1-3H3. The molecule has 0 aliphatic carbocycles. The van der Waals surface area contributed by atoms with E-state index in [1.165, 1.54) is 5.56 Å². The van der Waals surface area contributed by atoms with Crippen molar-refractivity contribution < 1.29 is 0 Å². The van der Waals surface area contributed by atoms with Gasteiger partial charge in [0.2, 0.25) is 0 Å². The van der Waals surface area contributed by atoms with Crippen LogP contribution >= 0.6 is 23.2 Å². The number of nitrogens with zero attached hydrogens (tertiary/aromatic N) is 1. The van der Waals surface area contributed by atoms with Gasteiger partial charge in [0.25, 0.3) is 0 Å². The lowest BCUT2D eigenvalue weighted by Crippen LogP contribution is -2.33. The van der Waals surface area contributed by atoms with E-state index in [1.54, 1.807) is 0 Å². The van der Waals surface area contributed by atoms with Crippen molar-refractivity contribution in [3.05, 3.63) is 33.8 Å². The van der Waals surface area contributed by atoms with Gasteiger partial charge in [-0.15, -0.1) is 0 Å². The van der Waals surface area contributed by atoms with Crippen LogP contribution in [-0.2, 0) is 0 Å². The fourth-order valence-corrected chi connectivity index (χ4v) is 2.47. The average molecular weight is 303 g/mol. The lowest BCUT2D eigenvalue weighted by atomic mass is 10.0. The largest absolute Gasteiger partial charge is 0.309 e. The maximum atomic E-state index is 6.08. The maximum absolute atomic E-state index is 6.08. The number of halogens is 2. The Balaban J connectivity index is 2.55. The molecule has 1 unspecified atom stereocenters. The van der Waals surface area contributed by atoms with Gasteiger partial charge in [0.05, 0.1) is 10.0 Å². The monoisotopic (exact) mass is 302 g/mol. The third kappa shape index (κ3) is 5.31. The Kier molecular flexibility index (Phi) is 7.77. The van der Waals surface area contributed by atoms with Crippen LogP contribution in [0.3, 0.4) is 0 Å². The molecule has 108 valence electrons. The minimum atomic E-state index is 0.338. The molecule has 0 aliphatic heterocycles. The molecule has 0 heterocycles. The molecule has 1 aromatic rings. The van der Waals surface area contributed by atoms with Crippen LogP contribution in [-0.4, -0.2) is 31.1 Å². The van der Waals surface area contributed by atoms with Crippen LogP contribution in [0.4, 0.5) is 0 Å². The first-order valence-electron chi connectivity index (χ1n) is 7.03. The molecular weight excluding hydrogens is 279 g/mol. The van der Waals surface area contributed by atoms with Crippen LogP contribution in [0.5, 0.6) is 0 Å². The van der Waals surface area contributed by atoms with Crippen molar-refractivity contribution >= 4 is 23.2 Å². The highest BCUT2D eigenvalue weighted by atomic mass is 35.5. The average Bonchev–Trinajstić information content (AvgIpc) is 2.42. The number of likely N-dealkylation sites (N-methyl/N-ethyl adjacent to an activating group) is 1. The minimum absolute atomic E-state index is 0.338. The van der Waals surface area contributed by atoms with Gasteiger partial charge >= 0.3 is 0 Å². The summed E-state index contributed by atoms with van der Waals surface area (Å²) in [6.07, 6.45) is 1.04. The number of benzene rings is 1. The van der Waals surface area contributed by atoms with E-state index in [2.05, 4.69) is 31.0 Å². The van der Waals surface area contributed by atoms with E-state index in [-0.39, 0.29) is 0 Å². The summed E-state index contributed by atoms with van der Waals surface area (Å²) in [6, 6.07) is 6.22. The lowest BCUT2D eigenvalue weighted by Gasteiger charge is -2.22. The van der Waals surface area contributed by atoms with Gasteiger partial charge in [0.1, 0.15) is 0 Å². The van der Waals surface area contributed by atoms with E-state index in [0.29, 0.717) is 16.1 Å². The maximum Gasteiger partial charge on any atom is 0.0595 e. The Morgan fingerprint density at radius 3 is 2.32 bits per heavy atom. The zero-order valence-electron chi connectivity index (χ0n) is 12.0. The van der Waals surface area contributed by atoms with Gasteiger partial charge in [0.15, 0.2) is 0 Å². The van der Waals surface area contributed by atoms with Gasteiger partial charge in [-0.1, -0.05) is 50.0 Å². The summed E-state index contributed by atoms with van der Waals surface area (Å²) in [6.45, 7) is 10.8. The zero-order chi connectivity index (χ0) is 14.3. The molecule has 0 aliphatic rings. The van der Waals surface area contributed by atoms with Crippen molar-refractivity contribution in [1.29, 1.82) is 0 Å². The first kappa shape index (κ1) is 16.8. The van der Waals surface area contributed by atoms with Crippen LogP contribution in [0.15, 0.2) is 18.2 Å². The Morgan fingerprint density at radius 2 is 1.79 bits per heavy atom. The molecule has 0 fully saturated rings. The van der Waals surface area contributed by atoms with Gasteiger partial charge < -0.3 is 10.2 Å². The third-order valence-corrected chi connectivity index (χ3v) is 4.21. The SMILES string of the molecule is CCC(NCCN(CC)CC)c1ccc(Cl)c(Cl)c1. The van der Waals surface area contributed by atoms with Crippen molar-refractivity contribution in [3.8, 4) is 0 Å². The summed E-state index contributed by atoms with van der Waals surface area (Å²) < 4.78 is 0. The first-order valence-corrected chi connectivity index (χ1v) is 7.78. The summed E-state index contributed by atoms with van der Waals surface area (Å²) in [5.74, 6) is 0. The van der Waals surface area contributed by atoms with Gasteiger partial charge in [0, 0.05) is 19.1 Å². The molecule has 1 rings (SSSR count). The first-order chi connectivity index (χ1) is 9.12. The molecule has 1 aromatic carbocycles. The fraction of sp³-hybridized carbons (Fsp3) is 0.600. The summed E-state index contributed by atoms with van der Waals surface area (Å²) in [5.41, 5.74) is 1.21. The molecule has 1 N–H and O–H groups in total. The predicted octanol–water partition coefficient (Wildman–Crippen LogP) is 4.38. The second-order valence-corrected chi connectivity index (χ2v) is 5.43. The number of hydrogen-bond donors (Lipinski definition) is 1. The number of rotatable bonds is 8. The smallest absolute Gasteiger partial charge is 0.0595 e. The molecule has 0 saturated carbocycles. The summed E-state index contributed by atoms with van der Waals surface area (Å²) in [5, 5.41) is 4.83. The second kappa shape index (κ2) is 8.80.